The molecule has 0 spiro atoms. The number of carboxylic acids is 1. The summed E-state index contributed by atoms with van der Waals surface area (Å²) in [7, 11) is 2.69. The van der Waals surface area contributed by atoms with E-state index in [2.05, 4.69) is 10.0 Å². The number of azide groups is 1. The maximum Gasteiger partial charge on any atom is 0.329 e. The number of methoxy groups -OCH3 is 2. The zero-order valence-corrected chi connectivity index (χ0v) is 11.1. The highest BCUT2D eigenvalue weighted by Gasteiger charge is 2.47. The summed E-state index contributed by atoms with van der Waals surface area (Å²) in [5, 5.41) is 21.5. The van der Waals surface area contributed by atoms with Gasteiger partial charge in [-0.1, -0.05) is 5.11 Å². The molecule has 5 atom stereocenters. The SMILES string of the molecule is CO[C@@H]1O[C@H](CO)[C@H](OC)[C@H](N=[N+]=[N-])[C@H]1OCC(=O)O. The average molecular weight is 291 g/mol. The largest absolute Gasteiger partial charge is 0.480 e. The van der Waals surface area contributed by atoms with Gasteiger partial charge in [-0.2, -0.15) is 0 Å². The highest BCUT2D eigenvalue weighted by Crippen LogP contribution is 2.28. The predicted octanol–water partition coefficient (Wildman–Crippen LogP) is -0.486. The van der Waals surface area contributed by atoms with Crippen LogP contribution in [-0.2, 0) is 23.7 Å². The van der Waals surface area contributed by atoms with E-state index in [-0.39, 0.29) is 6.61 Å². The van der Waals surface area contributed by atoms with Crippen LogP contribution in [0.4, 0.5) is 0 Å². The first-order valence-electron chi connectivity index (χ1n) is 5.78. The summed E-state index contributed by atoms with van der Waals surface area (Å²) in [6, 6.07) is -0.889. The van der Waals surface area contributed by atoms with Gasteiger partial charge in [-0.25, -0.2) is 4.79 Å². The number of ether oxygens (including phenoxy) is 4. The van der Waals surface area contributed by atoms with Crippen LogP contribution in [0.25, 0.3) is 10.4 Å². The Balaban J connectivity index is 2.99. The first-order valence-corrected chi connectivity index (χ1v) is 5.78. The van der Waals surface area contributed by atoms with E-state index in [9.17, 15) is 9.90 Å². The van der Waals surface area contributed by atoms with Gasteiger partial charge < -0.3 is 29.2 Å². The standard InChI is InChI=1S/C10H17N3O7/c1-17-8-5(3-14)20-10(18-2)9(7(8)12-13-11)19-4-6(15)16/h5,7-10,14H,3-4H2,1-2H3,(H,15,16)/t5-,7+,8+,9-,10-/m1/s1. The average Bonchev–Trinajstić information content (AvgIpc) is 2.44. The summed E-state index contributed by atoms with van der Waals surface area (Å²) in [6.45, 7) is -0.979. The molecule has 114 valence electrons. The van der Waals surface area contributed by atoms with Crippen molar-refractivity contribution in [3.63, 3.8) is 0 Å². The normalized spacial score (nSPS) is 33.5. The predicted molar refractivity (Wildman–Crippen MR) is 63.9 cm³/mol. The minimum atomic E-state index is -1.18. The third kappa shape index (κ3) is 3.79. The Morgan fingerprint density at radius 2 is 2.10 bits per heavy atom. The third-order valence-electron chi connectivity index (χ3n) is 2.89. The molecule has 20 heavy (non-hydrogen) atoms. The van der Waals surface area contributed by atoms with Crippen LogP contribution in [-0.4, -0.2) is 74.3 Å². The molecule has 1 rings (SSSR count). The summed E-state index contributed by atoms with van der Waals surface area (Å²) >= 11 is 0. The molecule has 0 saturated carbocycles. The lowest BCUT2D eigenvalue weighted by atomic mass is 9.96. The van der Waals surface area contributed by atoms with Gasteiger partial charge in [-0.3, -0.25) is 0 Å². The fraction of sp³-hybridized carbons (Fsp3) is 0.900. The molecule has 1 fully saturated rings. The number of carbonyl (C=O) groups is 1. The Labute approximate surface area is 114 Å². The number of hydrogen-bond acceptors (Lipinski definition) is 7. The zero-order chi connectivity index (χ0) is 15.1. The third-order valence-corrected chi connectivity index (χ3v) is 2.89. The molecule has 0 aromatic heterocycles. The Kier molecular flexibility index (Phi) is 6.65. The minimum absolute atomic E-state index is 0.374. The van der Waals surface area contributed by atoms with Crippen molar-refractivity contribution in [3.05, 3.63) is 10.4 Å². The van der Waals surface area contributed by atoms with Crippen LogP contribution in [0.3, 0.4) is 0 Å². The summed E-state index contributed by atoms with van der Waals surface area (Å²) in [4.78, 5) is 13.3. The van der Waals surface area contributed by atoms with Gasteiger partial charge in [0.2, 0.25) is 0 Å². The van der Waals surface area contributed by atoms with Crippen molar-refractivity contribution < 1.29 is 34.0 Å². The van der Waals surface area contributed by atoms with Crippen LogP contribution in [0.15, 0.2) is 5.11 Å². The van der Waals surface area contributed by atoms with Gasteiger partial charge >= 0.3 is 5.97 Å². The maximum absolute atomic E-state index is 10.6. The minimum Gasteiger partial charge on any atom is -0.480 e. The Bertz CT molecular complexity index is 374. The molecular weight excluding hydrogens is 274 g/mol. The molecule has 1 heterocycles. The molecule has 0 aliphatic carbocycles. The van der Waals surface area contributed by atoms with E-state index in [1.54, 1.807) is 0 Å². The lowest BCUT2D eigenvalue weighted by molar-refractivity contribution is -0.280. The van der Waals surface area contributed by atoms with E-state index in [0.29, 0.717) is 0 Å². The summed E-state index contributed by atoms with van der Waals surface area (Å²) in [5.41, 5.74) is 8.63. The lowest BCUT2D eigenvalue weighted by Crippen LogP contribution is -2.59. The van der Waals surface area contributed by atoms with Crippen molar-refractivity contribution in [2.24, 2.45) is 5.11 Å². The van der Waals surface area contributed by atoms with Gasteiger partial charge in [0.1, 0.15) is 18.8 Å². The van der Waals surface area contributed by atoms with Crippen molar-refractivity contribution in [2.45, 2.75) is 30.6 Å². The number of aliphatic hydroxyl groups is 1. The molecule has 10 nitrogen and oxygen atoms in total. The van der Waals surface area contributed by atoms with Crippen LogP contribution < -0.4 is 0 Å². The van der Waals surface area contributed by atoms with E-state index in [1.165, 1.54) is 14.2 Å². The lowest BCUT2D eigenvalue weighted by Gasteiger charge is -2.42. The number of nitrogens with zero attached hydrogens (tertiary/aromatic N) is 3. The topological polar surface area (TPSA) is 143 Å². The second-order valence-electron chi connectivity index (χ2n) is 4.03. The summed E-state index contributed by atoms with van der Waals surface area (Å²) in [6.07, 6.45) is -3.49. The molecule has 2 N–H and O–H groups in total. The van der Waals surface area contributed by atoms with E-state index < -0.39 is 43.2 Å². The first-order chi connectivity index (χ1) is 9.58. The van der Waals surface area contributed by atoms with Gasteiger partial charge in [0.05, 0.1) is 18.8 Å². The fourth-order valence-electron chi connectivity index (χ4n) is 2.06. The Morgan fingerprint density at radius 3 is 2.55 bits per heavy atom. The second kappa shape index (κ2) is 8.00. The molecule has 0 bridgehead atoms. The molecule has 1 aliphatic rings. The van der Waals surface area contributed by atoms with Crippen LogP contribution in [0.5, 0.6) is 0 Å². The number of aliphatic carboxylic acids is 1. The van der Waals surface area contributed by atoms with Crippen molar-refractivity contribution in [1.29, 1.82) is 0 Å². The molecule has 0 aromatic carbocycles. The van der Waals surface area contributed by atoms with Crippen LogP contribution in [0, 0.1) is 0 Å². The maximum atomic E-state index is 10.6. The number of hydrogen-bond donors (Lipinski definition) is 2. The van der Waals surface area contributed by atoms with E-state index >= 15 is 0 Å². The molecule has 0 unspecified atom stereocenters. The highest BCUT2D eigenvalue weighted by molar-refractivity contribution is 5.68. The quantitative estimate of drug-likeness (QED) is 0.366. The fourth-order valence-corrected chi connectivity index (χ4v) is 2.06. The van der Waals surface area contributed by atoms with Gasteiger partial charge in [0.25, 0.3) is 0 Å². The first kappa shape index (κ1) is 16.6. The molecule has 1 saturated heterocycles. The highest BCUT2D eigenvalue weighted by atomic mass is 16.7. The molecule has 1 aliphatic heterocycles. The Morgan fingerprint density at radius 1 is 1.40 bits per heavy atom. The van der Waals surface area contributed by atoms with E-state index in [4.69, 9.17) is 29.6 Å². The molecule has 10 heteroatoms. The van der Waals surface area contributed by atoms with Gasteiger partial charge in [0, 0.05) is 19.1 Å². The van der Waals surface area contributed by atoms with Crippen LogP contribution in [0.1, 0.15) is 0 Å². The van der Waals surface area contributed by atoms with E-state index in [1.807, 2.05) is 0 Å². The van der Waals surface area contributed by atoms with Gasteiger partial charge in [-0.05, 0) is 5.53 Å². The van der Waals surface area contributed by atoms with Crippen molar-refractivity contribution in [3.8, 4) is 0 Å². The molecule has 0 amide bonds. The van der Waals surface area contributed by atoms with Crippen molar-refractivity contribution in [2.75, 3.05) is 27.4 Å². The molecule has 0 radical (unpaired) electrons. The molecular formula is C10H17N3O7. The van der Waals surface area contributed by atoms with Crippen LogP contribution in [0.2, 0.25) is 0 Å². The van der Waals surface area contributed by atoms with Crippen molar-refractivity contribution >= 4 is 5.97 Å². The monoisotopic (exact) mass is 291 g/mol. The summed E-state index contributed by atoms with van der Waals surface area (Å²) in [5.74, 6) is -1.18. The second-order valence-corrected chi connectivity index (χ2v) is 4.03. The smallest absolute Gasteiger partial charge is 0.329 e. The van der Waals surface area contributed by atoms with Gasteiger partial charge in [-0.15, -0.1) is 0 Å². The van der Waals surface area contributed by atoms with E-state index in [0.717, 1.165) is 0 Å². The van der Waals surface area contributed by atoms with Crippen LogP contribution >= 0.6 is 0 Å². The van der Waals surface area contributed by atoms with Gasteiger partial charge in [0.15, 0.2) is 6.29 Å². The summed E-state index contributed by atoms with van der Waals surface area (Å²) < 4.78 is 20.8. The number of rotatable bonds is 7. The molecule has 0 aromatic rings. The zero-order valence-electron chi connectivity index (χ0n) is 11.1. The number of aliphatic hydroxyl groups excluding tert-OH is 1. The number of carboxylic acid groups (broad SMARTS) is 1. The Hall–Kier alpha value is -1.42. The van der Waals surface area contributed by atoms with Crippen molar-refractivity contribution in [1.82, 2.24) is 0 Å².